The van der Waals surface area contributed by atoms with E-state index in [2.05, 4.69) is 16.0 Å². The molecule has 0 saturated carbocycles. The number of hydrogen-bond donors (Lipinski definition) is 1. The molecular formula is C15H15N3O. The highest BCUT2D eigenvalue weighted by Crippen LogP contribution is 2.15. The van der Waals surface area contributed by atoms with Crippen molar-refractivity contribution in [2.45, 2.75) is 19.6 Å². The van der Waals surface area contributed by atoms with Crippen LogP contribution >= 0.6 is 0 Å². The van der Waals surface area contributed by atoms with Gasteiger partial charge in [0.2, 0.25) is 0 Å². The van der Waals surface area contributed by atoms with Gasteiger partial charge >= 0.3 is 0 Å². The van der Waals surface area contributed by atoms with Gasteiger partial charge in [0.05, 0.1) is 17.8 Å². The van der Waals surface area contributed by atoms with Crippen molar-refractivity contribution in [2.24, 2.45) is 0 Å². The van der Waals surface area contributed by atoms with E-state index in [9.17, 15) is 5.11 Å². The number of benzene rings is 1. The number of aliphatic hydroxyl groups excluding tert-OH is 1. The minimum absolute atomic E-state index is 0.574. The van der Waals surface area contributed by atoms with Crippen molar-refractivity contribution in [1.82, 2.24) is 14.5 Å². The first-order chi connectivity index (χ1) is 9.24. The number of para-hydroxylation sites is 1. The van der Waals surface area contributed by atoms with Crippen LogP contribution in [0.15, 0.2) is 48.8 Å². The average Bonchev–Trinajstić information content (AvgIpc) is 2.87. The van der Waals surface area contributed by atoms with Crippen molar-refractivity contribution in [3.8, 4) is 0 Å². The maximum absolute atomic E-state index is 9.64. The minimum atomic E-state index is -0.574. The molecule has 19 heavy (non-hydrogen) atoms. The fourth-order valence-corrected chi connectivity index (χ4v) is 2.19. The topological polar surface area (TPSA) is 50.9 Å². The summed E-state index contributed by atoms with van der Waals surface area (Å²) in [6.07, 6.45) is 2.98. The summed E-state index contributed by atoms with van der Waals surface area (Å²) in [4.78, 5) is 8.78. The summed E-state index contributed by atoms with van der Waals surface area (Å²) < 4.78 is 1.92. The Balaban J connectivity index is 1.94. The smallest absolute Gasteiger partial charge is 0.137 e. The van der Waals surface area contributed by atoms with Crippen LogP contribution in [-0.2, 0) is 6.54 Å². The van der Waals surface area contributed by atoms with E-state index in [0.717, 1.165) is 16.6 Å². The molecule has 4 nitrogen and oxygen atoms in total. The Morgan fingerprint density at radius 2 is 2.05 bits per heavy atom. The van der Waals surface area contributed by atoms with Gasteiger partial charge in [0.1, 0.15) is 11.9 Å². The Morgan fingerprint density at radius 3 is 2.89 bits per heavy atom. The van der Waals surface area contributed by atoms with Gasteiger partial charge in [0.15, 0.2) is 0 Å². The van der Waals surface area contributed by atoms with E-state index in [4.69, 9.17) is 0 Å². The van der Waals surface area contributed by atoms with Crippen LogP contribution in [0.5, 0.6) is 0 Å². The van der Waals surface area contributed by atoms with Crippen LogP contribution in [0.3, 0.4) is 0 Å². The largest absolute Gasteiger partial charge is 0.385 e. The molecule has 96 valence electrons. The highest BCUT2D eigenvalue weighted by Gasteiger charge is 2.09. The van der Waals surface area contributed by atoms with Gasteiger partial charge in [-0.2, -0.15) is 0 Å². The SMILES string of the molecule is CC(O)c1nccn1Cc1ccc2ccccc2n1. The van der Waals surface area contributed by atoms with Crippen molar-refractivity contribution in [2.75, 3.05) is 0 Å². The number of imidazole rings is 1. The van der Waals surface area contributed by atoms with Gasteiger partial charge in [-0.3, -0.25) is 4.98 Å². The van der Waals surface area contributed by atoms with Crippen LogP contribution in [0.2, 0.25) is 0 Å². The van der Waals surface area contributed by atoms with Crippen molar-refractivity contribution >= 4 is 10.9 Å². The number of nitrogens with zero attached hydrogens (tertiary/aromatic N) is 3. The van der Waals surface area contributed by atoms with Crippen LogP contribution in [-0.4, -0.2) is 19.6 Å². The molecule has 0 radical (unpaired) electrons. The molecule has 2 aromatic heterocycles. The van der Waals surface area contributed by atoms with Crippen molar-refractivity contribution in [1.29, 1.82) is 0 Å². The predicted octanol–water partition coefficient (Wildman–Crippen LogP) is 2.53. The summed E-state index contributed by atoms with van der Waals surface area (Å²) in [6, 6.07) is 12.1. The lowest BCUT2D eigenvalue weighted by atomic mass is 10.2. The summed E-state index contributed by atoms with van der Waals surface area (Å²) in [5.74, 6) is 0.662. The average molecular weight is 253 g/mol. The highest BCUT2D eigenvalue weighted by atomic mass is 16.3. The van der Waals surface area contributed by atoms with Gasteiger partial charge < -0.3 is 9.67 Å². The molecule has 2 heterocycles. The van der Waals surface area contributed by atoms with Crippen LogP contribution in [0.4, 0.5) is 0 Å². The van der Waals surface area contributed by atoms with E-state index < -0.39 is 6.10 Å². The number of fused-ring (bicyclic) bond motifs is 1. The van der Waals surface area contributed by atoms with Crippen LogP contribution < -0.4 is 0 Å². The van der Waals surface area contributed by atoms with Gasteiger partial charge in [-0.15, -0.1) is 0 Å². The number of aromatic nitrogens is 3. The van der Waals surface area contributed by atoms with Crippen molar-refractivity contribution in [3.05, 3.63) is 60.3 Å². The van der Waals surface area contributed by atoms with E-state index in [0.29, 0.717) is 12.4 Å². The Hall–Kier alpha value is -2.20. The Morgan fingerprint density at radius 1 is 1.21 bits per heavy atom. The lowest BCUT2D eigenvalue weighted by molar-refractivity contribution is 0.184. The minimum Gasteiger partial charge on any atom is -0.385 e. The molecule has 3 rings (SSSR count). The van der Waals surface area contributed by atoms with Crippen LogP contribution in [0, 0.1) is 0 Å². The van der Waals surface area contributed by atoms with Crippen LogP contribution in [0.25, 0.3) is 10.9 Å². The molecular weight excluding hydrogens is 238 g/mol. The summed E-state index contributed by atoms with van der Waals surface area (Å²) >= 11 is 0. The number of pyridine rings is 1. The number of rotatable bonds is 3. The van der Waals surface area contributed by atoms with Gasteiger partial charge in [-0.25, -0.2) is 4.98 Å². The molecule has 1 aromatic carbocycles. The normalized spacial score (nSPS) is 12.7. The van der Waals surface area contributed by atoms with Crippen molar-refractivity contribution in [3.63, 3.8) is 0 Å². The Labute approximate surface area is 111 Å². The van der Waals surface area contributed by atoms with Crippen molar-refractivity contribution < 1.29 is 5.11 Å². The quantitative estimate of drug-likeness (QED) is 0.780. The number of aliphatic hydroxyl groups is 1. The standard InChI is InChI=1S/C15H15N3O/c1-11(19)15-16-8-9-18(15)10-13-7-6-12-4-2-3-5-14(12)17-13/h2-9,11,19H,10H2,1H3. The zero-order valence-electron chi connectivity index (χ0n) is 10.7. The molecule has 4 heteroatoms. The van der Waals surface area contributed by atoms with E-state index in [1.54, 1.807) is 13.1 Å². The third kappa shape index (κ3) is 2.35. The van der Waals surface area contributed by atoms with E-state index in [-0.39, 0.29) is 0 Å². The fraction of sp³-hybridized carbons (Fsp3) is 0.200. The van der Waals surface area contributed by atoms with Gasteiger partial charge in [-0.1, -0.05) is 24.3 Å². The molecule has 0 saturated heterocycles. The Bertz CT molecular complexity index is 703. The molecule has 3 aromatic rings. The molecule has 0 aliphatic carbocycles. The van der Waals surface area contributed by atoms with Gasteiger partial charge in [0, 0.05) is 17.8 Å². The first kappa shape index (κ1) is 11.9. The number of hydrogen-bond acceptors (Lipinski definition) is 3. The van der Waals surface area contributed by atoms with Crippen LogP contribution in [0.1, 0.15) is 24.5 Å². The summed E-state index contributed by atoms with van der Waals surface area (Å²) in [5.41, 5.74) is 1.94. The maximum Gasteiger partial charge on any atom is 0.137 e. The van der Waals surface area contributed by atoms with Gasteiger partial charge in [0.25, 0.3) is 0 Å². The predicted molar refractivity (Wildman–Crippen MR) is 73.7 cm³/mol. The third-order valence-electron chi connectivity index (χ3n) is 3.11. The molecule has 0 spiro atoms. The van der Waals surface area contributed by atoms with Gasteiger partial charge in [-0.05, 0) is 19.1 Å². The second-order valence-electron chi connectivity index (χ2n) is 4.58. The Kier molecular flexibility index (Phi) is 3.01. The zero-order valence-corrected chi connectivity index (χ0v) is 10.7. The monoisotopic (exact) mass is 253 g/mol. The second-order valence-corrected chi connectivity index (χ2v) is 4.58. The second kappa shape index (κ2) is 4.82. The summed E-state index contributed by atoms with van der Waals surface area (Å²) in [5, 5.41) is 10.8. The molecule has 0 aliphatic rings. The summed E-state index contributed by atoms with van der Waals surface area (Å²) in [6.45, 7) is 2.33. The first-order valence-corrected chi connectivity index (χ1v) is 6.28. The molecule has 1 atom stereocenters. The molecule has 0 fully saturated rings. The maximum atomic E-state index is 9.64. The fourth-order valence-electron chi connectivity index (χ4n) is 2.19. The molecule has 0 bridgehead atoms. The lowest BCUT2D eigenvalue weighted by Crippen LogP contribution is -2.08. The lowest BCUT2D eigenvalue weighted by Gasteiger charge is -2.09. The molecule has 1 N–H and O–H groups in total. The summed E-state index contributed by atoms with van der Waals surface area (Å²) in [7, 11) is 0. The zero-order chi connectivity index (χ0) is 13.2. The van der Waals surface area contributed by atoms with E-state index >= 15 is 0 Å². The van der Waals surface area contributed by atoms with E-state index in [1.807, 2.05) is 41.1 Å². The molecule has 0 aliphatic heterocycles. The first-order valence-electron chi connectivity index (χ1n) is 6.28. The van der Waals surface area contributed by atoms with E-state index in [1.165, 1.54) is 0 Å². The molecule has 1 unspecified atom stereocenters. The third-order valence-corrected chi connectivity index (χ3v) is 3.11. The molecule has 0 amide bonds. The highest BCUT2D eigenvalue weighted by molar-refractivity contribution is 5.78.